The Bertz CT molecular complexity index is 896. The summed E-state index contributed by atoms with van der Waals surface area (Å²) in [4.78, 5) is 0. The number of hydrogen-bond acceptors (Lipinski definition) is 10. The predicted molar refractivity (Wildman–Crippen MR) is 171 cm³/mol. The Kier molecular flexibility index (Phi) is 9.13. The van der Waals surface area contributed by atoms with Crippen LogP contribution in [-0.2, 0) is 17.1 Å². The van der Waals surface area contributed by atoms with Gasteiger partial charge in [0.25, 0.3) is 0 Å². The summed E-state index contributed by atoms with van der Waals surface area (Å²) in [6.07, 6.45) is 14.4. The SMILES string of the molecule is NC1CCC2C3[N-]C(NC4NC(NC5[N-]C(NC6NC(N3)C3CC(N)CCC63)C3CC(N)CCC53)C3CC(N)CCC43)C2C1.[Cu+2]. The molecule has 257 valence electrons. The van der Waals surface area contributed by atoms with E-state index in [2.05, 4.69) is 31.9 Å². The summed E-state index contributed by atoms with van der Waals surface area (Å²) in [7, 11) is 0. The standard InChI is InChI=1S/C32H58N12.Cu/c33-13-1-5-17-21(9-13)29-37-25(17)41-30-22-10-14(34)2-6-18(22)27(38-30)43-32-24-12-16(36)4-8-20(24)28(40-32)44-31-23-11-15(35)3-7-19(23)26(39-31)42-29;/h13-32,37,40-44H,1-12,33-36H2;/q-2;+2. The summed E-state index contributed by atoms with van der Waals surface area (Å²) in [5.74, 6) is 3.99. The van der Waals surface area contributed by atoms with E-state index in [1.54, 1.807) is 0 Å². The van der Waals surface area contributed by atoms with E-state index in [1.807, 2.05) is 0 Å². The van der Waals surface area contributed by atoms with E-state index in [1.165, 1.54) is 0 Å². The number of hydrogen-bond donors (Lipinski definition) is 10. The molecule has 5 aliphatic heterocycles. The molecule has 14 N–H and O–H groups in total. The first kappa shape index (κ1) is 32.3. The zero-order valence-corrected chi connectivity index (χ0v) is 27.5. The van der Waals surface area contributed by atoms with E-state index in [4.69, 9.17) is 33.6 Å². The summed E-state index contributed by atoms with van der Waals surface area (Å²) in [6, 6.07) is 1.08. The molecule has 20 atom stereocenters. The maximum absolute atomic E-state index is 6.62. The van der Waals surface area contributed by atoms with Crippen molar-refractivity contribution < 1.29 is 17.1 Å². The molecule has 20 unspecified atom stereocenters. The van der Waals surface area contributed by atoms with Gasteiger partial charge in [-0.3, -0.25) is 10.6 Å². The van der Waals surface area contributed by atoms with Gasteiger partial charge in [-0.1, -0.05) is 24.7 Å². The van der Waals surface area contributed by atoms with E-state index in [-0.39, 0.29) is 90.6 Å². The quantitative estimate of drug-likeness (QED) is 0.155. The first-order valence-corrected chi connectivity index (χ1v) is 18.4. The van der Waals surface area contributed by atoms with Crippen molar-refractivity contribution in [2.24, 2.45) is 70.3 Å². The smallest absolute Gasteiger partial charge is 0.632 e. The Labute approximate surface area is 279 Å². The van der Waals surface area contributed by atoms with Gasteiger partial charge in [-0.15, -0.1) is 0 Å². The first-order chi connectivity index (χ1) is 21.4. The summed E-state index contributed by atoms with van der Waals surface area (Å²) < 4.78 is 0. The van der Waals surface area contributed by atoms with Crippen molar-refractivity contribution in [3.63, 3.8) is 0 Å². The fourth-order valence-electron chi connectivity index (χ4n) is 11.9. The number of fused-ring (bicyclic) bond motifs is 20. The molecule has 0 spiro atoms. The average Bonchev–Trinajstić information content (AvgIpc) is 3.71. The molecule has 9 fully saturated rings. The molecular formula is C32H58CuN12. The van der Waals surface area contributed by atoms with E-state index >= 15 is 0 Å². The van der Waals surface area contributed by atoms with Crippen LogP contribution in [0.3, 0.4) is 0 Å². The van der Waals surface area contributed by atoms with Gasteiger partial charge in [0.1, 0.15) is 0 Å². The Morgan fingerprint density at radius 3 is 1.00 bits per heavy atom. The number of rotatable bonds is 0. The maximum Gasteiger partial charge on any atom is 2.00 e. The largest absolute Gasteiger partial charge is 2.00 e. The van der Waals surface area contributed by atoms with Gasteiger partial charge in [-0.25, -0.2) is 0 Å². The van der Waals surface area contributed by atoms with Crippen molar-refractivity contribution >= 4 is 0 Å². The van der Waals surface area contributed by atoms with Crippen molar-refractivity contribution in [3.05, 3.63) is 10.6 Å². The van der Waals surface area contributed by atoms with Crippen molar-refractivity contribution in [1.29, 1.82) is 0 Å². The third kappa shape index (κ3) is 5.78. The van der Waals surface area contributed by atoms with Crippen LogP contribution in [0.25, 0.3) is 10.6 Å². The summed E-state index contributed by atoms with van der Waals surface area (Å²) >= 11 is 0. The minimum atomic E-state index is 0. The number of nitrogens with zero attached hydrogens (tertiary/aromatic N) is 2. The molecule has 4 aliphatic carbocycles. The molecule has 12 nitrogen and oxygen atoms in total. The van der Waals surface area contributed by atoms with Gasteiger partial charge in [-0.2, -0.15) is 0 Å². The van der Waals surface area contributed by atoms with Gasteiger partial charge in [0.2, 0.25) is 0 Å². The number of nitrogens with two attached hydrogens (primary N) is 4. The molecule has 0 amide bonds. The van der Waals surface area contributed by atoms with Crippen molar-refractivity contribution in [3.8, 4) is 0 Å². The van der Waals surface area contributed by atoms with Gasteiger partial charge < -0.3 is 54.8 Å². The molecule has 45 heavy (non-hydrogen) atoms. The first-order valence-electron chi connectivity index (χ1n) is 18.4. The normalized spacial score (nSPS) is 58.9. The summed E-state index contributed by atoms with van der Waals surface area (Å²) in [5.41, 5.74) is 26.5. The molecule has 1 radical (unpaired) electrons. The Morgan fingerprint density at radius 1 is 0.333 bits per heavy atom. The minimum absolute atomic E-state index is 0. The molecule has 9 aliphatic rings. The van der Waals surface area contributed by atoms with Crippen LogP contribution in [0.4, 0.5) is 0 Å². The molecule has 8 bridgehead atoms. The topological polar surface area (TPSA) is 204 Å². The van der Waals surface area contributed by atoms with Gasteiger partial charge in [0.05, 0.1) is 24.7 Å². The summed E-state index contributed by atoms with van der Waals surface area (Å²) in [6.45, 7) is 0. The molecule has 0 aromatic carbocycles. The second kappa shape index (κ2) is 12.7. The van der Waals surface area contributed by atoms with E-state index < -0.39 is 0 Å². The predicted octanol–water partition coefficient (Wildman–Crippen LogP) is -0.0799. The van der Waals surface area contributed by atoms with Gasteiger partial charge in [0, 0.05) is 24.2 Å². The second-order valence-corrected chi connectivity index (χ2v) is 16.6. The van der Waals surface area contributed by atoms with Gasteiger partial charge in [-0.05, 0) is 124 Å². The Hall–Kier alpha value is 0.0395. The van der Waals surface area contributed by atoms with Crippen LogP contribution in [-0.4, -0.2) is 73.5 Å². The van der Waals surface area contributed by atoms with Crippen LogP contribution in [0.2, 0.25) is 0 Å². The summed E-state index contributed by atoms with van der Waals surface area (Å²) in [5, 5.41) is 35.7. The zero-order valence-electron chi connectivity index (χ0n) is 26.5. The molecule has 9 rings (SSSR count). The Morgan fingerprint density at radius 2 is 0.622 bits per heavy atom. The fraction of sp³-hybridized carbons (Fsp3) is 1.00. The zero-order chi connectivity index (χ0) is 29.7. The van der Waals surface area contributed by atoms with E-state index in [0.29, 0.717) is 47.3 Å². The third-order valence-corrected chi connectivity index (χ3v) is 14.1. The fourth-order valence-corrected chi connectivity index (χ4v) is 11.9. The number of nitrogens with one attached hydrogen (secondary N) is 6. The molecule has 5 saturated heterocycles. The van der Waals surface area contributed by atoms with Crippen LogP contribution in [0.1, 0.15) is 77.0 Å². The van der Waals surface area contributed by atoms with Crippen LogP contribution < -0.4 is 54.8 Å². The van der Waals surface area contributed by atoms with Crippen molar-refractivity contribution in [2.45, 2.75) is 151 Å². The Balaban J connectivity index is 0.00000300. The molecule has 13 heteroatoms. The van der Waals surface area contributed by atoms with E-state index in [0.717, 1.165) is 77.0 Å². The van der Waals surface area contributed by atoms with Gasteiger partial charge in [0.15, 0.2) is 0 Å². The van der Waals surface area contributed by atoms with Gasteiger partial charge >= 0.3 is 17.1 Å². The molecule has 0 aromatic heterocycles. The van der Waals surface area contributed by atoms with Crippen LogP contribution in [0, 0.1) is 47.3 Å². The van der Waals surface area contributed by atoms with Crippen molar-refractivity contribution in [2.75, 3.05) is 0 Å². The van der Waals surface area contributed by atoms with Crippen LogP contribution >= 0.6 is 0 Å². The molecule has 5 heterocycles. The maximum atomic E-state index is 6.62. The second-order valence-electron chi connectivity index (χ2n) is 16.6. The van der Waals surface area contributed by atoms with Crippen LogP contribution in [0.15, 0.2) is 0 Å². The minimum Gasteiger partial charge on any atom is -0.632 e. The van der Waals surface area contributed by atoms with Crippen molar-refractivity contribution in [1.82, 2.24) is 31.9 Å². The molecular weight excluding hydrogens is 616 g/mol. The molecule has 0 aromatic rings. The van der Waals surface area contributed by atoms with Crippen LogP contribution in [0.5, 0.6) is 0 Å². The molecule has 4 saturated carbocycles. The average molecular weight is 674 g/mol. The van der Waals surface area contributed by atoms with E-state index in [9.17, 15) is 0 Å². The monoisotopic (exact) mass is 673 g/mol. The third-order valence-electron chi connectivity index (χ3n) is 14.1.